The number of esters is 1. The number of halogens is 1. The second kappa shape index (κ2) is 3.34. The van der Waals surface area contributed by atoms with E-state index in [1.165, 1.54) is 6.20 Å². The largest absolute Gasteiger partial charge is 0.459 e. The van der Waals surface area contributed by atoms with Gasteiger partial charge in [-0.15, -0.1) is 0 Å². The number of aromatic nitrogens is 1. The number of ether oxygens (including phenoxy) is 1. The van der Waals surface area contributed by atoms with Crippen molar-refractivity contribution in [2.24, 2.45) is 0 Å². The zero-order valence-electron chi connectivity index (χ0n) is 6.87. The summed E-state index contributed by atoms with van der Waals surface area (Å²) in [5.41, 5.74) is 0.455. The van der Waals surface area contributed by atoms with E-state index in [-0.39, 0.29) is 12.1 Å². The minimum absolute atomic E-state index is 0.128. The molecule has 0 amide bonds. The van der Waals surface area contributed by atoms with Gasteiger partial charge in [-0.3, -0.25) is 0 Å². The molecule has 0 atom stereocenters. The molecule has 1 saturated carbocycles. The minimum atomic E-state index is -0.313. The molecule has 1 fully saturated rings. The van der Waals surface area contributed by atoms with Crippen molar-refractivity contribution in [3.8, 4) is 0 Å². The predicted molar refractivity (Wildman–Crippen MR) is 47.7 cm³/mol. The maximum absolute atomic E-state index is 11.3. The fraction of sp³-hybridized carbons (Fsp3) is 0.333. The number of nitrogens with zero attached hydrogens (tertiary/aromatic N) is 1. The maximum Gasteiger partial charge on any atom is 0.339 e. The Morgan fingerprint density at radius 2 is 2.31 bits per heavy atom. The van der Waals surface area contributed by atoms with E-state index in [0.29, 0.717) is 10.7 Å². The van der Waals surface area contributed by atoms with Crippen LogP contribution in [0.25, 0.3) is 0 Å². The second-order valence-corrected chi connectivity index (χ2v) is 3.36. The van der Waals surface area contributed by atoms with E-state index in [9.17, 15) is 4.79 Å². The van der Waals surface area contributed by atoms with Gasteiger partial charge in [0.1, 0.15) is 11.3 Å². The molecule has 0 saturated heterocycles. The molecule has 0 aliphatic heterocycles. The standard InChI is InChI=1S/C9H8ClNO2/c10-8-4-1-6(5-11-8)9(12)13-7-2-3-7/h1,4-5,7H,2-3H2. The Balaban J connectivity index is 2.05. The zero-order chi connectivity index (χ0) is 9.26. The quantitative estimate of drug-likeness (QED) is 0.538. The molecule has 2 rings (SSSR count). The summed E-state index contributed by atoms with van der Waals surface area (Å²) in [5, 5.41) is 0.378. The van der Waals surface area contributed by atoms with Crippen LogP contribution in [-0.2, 0) is 4.74 Å². The lowest BCUT2D eigenvalue weighted by molar-refractivity contribution is 0.0472. The average Bonchev–Trinajstić information content (AvgIpc) is 2.89. The molecule has 4 heteroatoms. The van der Waals surface area contributed by atoms with E-state index >= 15 is 0 Å². The van der Waals surface area contributed by atoms with Crippen LogP contribution in [0.15, 0.2) is 18.3 Å². The highest BCUT2D eigenvalue weighted by Crippen LogP contribution is 2.24. The van der Waals surface area contributed by atoms with Crippen LogP contribution in [-0.4, -0.2) is 17.1 Å². The van der Waals surface area contributed by atoms with Crippen LogP contribution in [0.1, 0.15) is 23.2 Å². The molecule has 0 N–H and O–H groups in total. The second-order valence-electron chi connectivity index (χ2n) is 2.97. The van der Waals surface area contributed by atoms with Crippen LogP contribution in [0.2, 0.25) is 5.15 Å². The molecule has 3 nitrogen and oxygen atoms in total. The summed E-state index contributed by atoms with van der Waals surface area (Å²) in [6.45, 7) is 0. The highest BCUT2D eigenvalue weighted by Gasteiger charge is 2.26. The first kappa shape index (κ1) is 8.51. The van der Waals surface area contributed by atoms with Crippen LogP contribution in [0, 0.1) is 0 Å². The predicted octanol–water partition coefficient (Wildman–Crippen LogP) is 2.05. The number of rotatable bonds is 2. The van der Waals surface area contributed by atoms with Gasteiger partial charge in [-0.25, -0.2) is 9.78 Å². The van der Waals surface area contributed by atoms with E-state index in [1.807, 2.05) is 0 Å². The van der Waals surface area contributed by atoms with Crippen molar-refractivity contribution in [3.63, 3.8) is 0 Å². The summed E-state index contributed by atoms with van der Waals surface area (Å²) in [6.07, 6.45) is 3.51. The van der Waals surface area contributed by atoms with E-state index < -0.39 is 0 Å². The zero-order valence-corrected chi connectivity index (χ0v) is 7.62. The molecule has 1 aliphatic carbocycles. The molecular formula is C9H8ClNO2. The average molecular weight is 198 g/mol. The Bertz CT molecular complexity index is 319. The molecule has 68 valence electrons. The van der Waals surface area contributed by atoms with Gasteiger partial charge >= 0.3 is 5.97 Å². The molecule has 1 aromatic rings. The first-order valence-electron chi connectivity index (χ1n) is 4.08. The fourth-order valence-corrected chi connectivity index (χ4v) is 1.01. The van der Waals surface area contributed by atoms with Gasteiger partial charge in [0.2, 0.25) is 0 Å². The van der Waals surface area contributed by atoms with Crippen LogP contribution < -0.4 is 0 Å². The number of pyridine rings is 1. The van der Waals surface area contributed by atoms with Crippen molar-refractivity contribution < 1.29 is 9.53 Å². The van der Waals surface area contributed by atoms with Crippen LogP contribution in [0.4, 0.5) is 0 Å². The summed E-state index contributed by atoms with van der Waals surface area (Å²) in [7, 11) is 0. The van der Waals surface area contributed by atoms with E-state index in [4.69, 9.17) is 16.3 Å². The topological polar surface area (TPSA) is 39.2 Å². The van der Waals surface area contributed by atoms with Crippen LogP contribution >= 0.6 is 11.6 Å². The van der Waals surface area contributed by atoms with Gasteiger partial charge in [0.25, 0.3) is 0 Å². The smallest absolute Gasteiger partial charge is 0.339 e. The summed E-state index contributed by atoms with van der Waals surface area (Å²) >= 11 is 5.57. The minimum Gasteiger partial charge on any atom is -0.459 e. The lowest BCUT2D eigenvalue weighted by atomic mass is 10.3. The van der Waals surface area contributed by atoms with Gasteiger partial charge in [0.05, 0.1) is 5.56 Å². The van der Waals surface area contributed by atoms with Gasteiger partial charge in [-0.2, -0.15) is 0 Å². The molecule has 1 aromatic heterocycles. The summed E-state index contributed by atoms with van der Waals surface area (Å²) in [6, 6.07) is 3.19. The molecule has 0 bridgehead atoms. The van der Waals surface area contributed by atoms with Gasteiger partial charge in [-0.05, 0) is 25.0 Å². The van der Waals surface area contributed by atoms with Crippen LogP contribution in [0.5, 0.6) is 0 Å². The molecular weight excluding hydrogens is 190 g/mol. The fourth-order valence-electron chi connectivity index (χ4n) is 0.902. The first-order valence-corrected chi connectivity index (χ1v) is 4.46. The molecule has 0 spiro atoms. The molecule has 0 radical (unpaired) electrons. The third kappa shape index (κ3) is 2.18. The number of carbonyl (C=O) groups is 1. The maximum atomic E-state index is 11.3. The van der Waals surface area contributed by atoms with Crippen molar-refractivity contribution in [3.05, 3.63) is 29.0 Å². The van der Waals surface area contributed by atoms with Gasteiger partial charge in [-0.1, -0.05) is 11.6 Å². The summed E-state index contributed by atoms with van der Waals surface area (Å²) in [4.78, 5) is 15.1. The van der Waals surface area contributed by atoms with Crippen LogP contribution in [0.3, 0.4) is 0 Å². The lowest BCUT2D eigenvalue weighted by Crippen LogP contribution is -2.06. The summed E-state index contributed by atoms with van der Waals surface area (Å²) < 4.78 is 5.07. The summed E-state index contributed by atoms with van der Waals surface area (Å²) in [5.74, 6) is -0.313. The Kier molecular flexibility index (Phi) is 2.19. The Hall–Kier alpha value is -1.09. The SMILES string of the molecule is O=C(OC1CC1)c1ccc(Cl)nc1. The van der Waals surface area contributed by atoms with Gasteiger partial charge < -0.3 is 4.74 Å². The van der Waals surface area contributed by atoms with E-state index in [2.05, 4.69) is 4.98 Å². The van der Waals surface area contributed by atoms with Gasteiger partial charge in [0.15, 0.2) is 0 Å². The number of carbonyl (C=O) groups excluding carboxylic acids is 1. The van der Waals surface area contributed by atoms with Crippen molar-refractivity contribution in [2.45, 2.75) is 18.9 Å². The third-order valence-electron chi connectivity index (χ3n) is 1.76. The molecule has 0 aromatic carbocycles. The molecule has 1 aliphatic rings. The monoisotopic (exact) mass is 197 g/mol. The molecule has 1 heterocycles. The number of hydrogen-bond donors (Lipinski definition) is 0. The normalized spacial score (nSPS) is 15.5. The van der Waals surface area contributed by atoms with Crippen molar-refractivity contribution in [2.75, 3.05) is 0 Å². The van der Waals surface area contributed by atoms with Crippen molar-refractivity contribution in [1.82, 2.24) is 4.98 Å². The van der Waals surface area contributed by atoms with Crippen molar-refractivity contribution in [1.29, 1.82) is 0 Å². The highest BCUT2D eigenvalue weighted by atomic mass is 35.5. The molecule has 13 heavy (non-hydrogen) atoms. The number of hydrogen-bond acceptors (Lipinski definition) is 3. The van der Waals surface area contributed by atoms with E-state index in [0.717, 1.165) is 12.8 Å². The lowest BCUT2D eigenvalue weighted by Gasteiger charge is -2.01. The van der Waals surface area contributed by atoms with Crippen molar-refractivity contribution >= 4 is 17.6 Å². The Morgan fingerprint density at radius 1 is 1.54 bits per heavy atom. The Labute approximate surface area is 80.7 Å². The highest BCUT2D eigenvalue weighted by molar-refractivity contribution is 6.29. The Morgan fingerprint density at radius 3 is 2.85 bits per heavy atom. The third-order valence-corrected chi connectivity index (χ3v) is 1.98. The van der Waals surface area contributed by atoms with Gasteiger partial charge in [0, 0.05) is 6.20 Å². The molecule has 0 unspecified atom stereocenters. The first-order chi connectivity index (χ1) is 6.25. The van der Waals surface area contributed by atoms with E-state index in [1.54, 1.807) is 12.1 Å².